The van der Waals surface area contributed by atoms with Crippen molar-refractivity contribution in [2.75, 3.05) is 10.6 Å². The molecule has 1 heterocycles. The molecule has 4 rings (SSSR count). The highest BCUT2D eigenvalue weighted by Gasteiger charge is 2.38. The summed E-state index contributed by atoms with van der Waals surface area (Å²) < 4.78 is 121. The Balaban J connectivity index is 1.74. The van der Waals surface area contributed by atoms with Crippen LogP contribution in [0.5, 0.6) is 5.75 Å². The molecule has 1 aliphatic carbocycles. The molecule has 0 unspecified atom stereocenters. The van der Waals surface area contributed by atoms with E-state index in [0.717, 1.165) is 31.0 Å². The van der Waals surface area contributed by atoms with Gasteiger partial charge in [0.1, 0.15) is 11.6 Å². The average molecular weight is 522 g/mol. The van der Waals surface area contributed by atoms with Gasteiger partial charge in [0.25, 0.3) is 0 Å². The first-order valence-corrected chi connectivity index (χ1v) is 10.2. The van der Waals surface area contributed by atoms with Crippen LogP contribution < -0.4 is 15.4 Å². The molecule has 192 valence electrons. The summed E-state index contributed by atoms with van der Waals surface area (Å²) in [5.74, 6) is -0.803. The van der Waals surface area contributed by atoms with Crippen LogP contribution in [-0.2, 0) is 12.4 Å². The van der Waals surface area contributed by atoms with E-state index in [-0.39, 0.29) is 35.1 Å². The van der Waals surface area contributed by atoms with Gasteiger partial charge in [0.05, 0.1) is 22.5 Å². The van der Waals surface area contributed by atoms with Crippen molar-refractivity contribution in [2.24, 2.45) is 0 Å². The van der Waals surface area contributed by atoms with Gasteiger partial charge in [-0.25, -0.2) is 4.98 Å². The van der Waals surface area contributed by atoms with E-state index in [1.165, 1.54) is 12.1 Å². The summed E-state index contributed by atoms with van der Waals surface area (Å²) in [7, 11) is 0. The van der Waals surface area contributed by atoms with Gasteiger partial charge in [0.15, 0.2) is 0 Å². The molecule has 5 nitrogen and oxygen atoms in total. The number of halogens is 9. The van der Waals surface area contributed by atoms with Crippen LogP contribution in [0, 0.1) is 0 Å². The van der Waals surface area contributed by atoms with Gasteiger partial charge in [-0.2, -0.15) is 31.3 Å². The van der Waals surface area contributed by atoms with Crippen molar-refractivity contribution < 1.29 is 44.3 Å². The maximum Gasteiger partial charge on any atom is 0.573 e. The fourth-order valence-electron chi connectivity index (χ4n) is 3.19. The highest BCUT2D eigenvalue weighted by molar-refractivity contribution is 5.70. The molecule has 1 aliphatic rings. The number of nitrogens with zero attached hydrogens (tertiary/aromatic N) is 2. The van der Waals surface area contributed by atoms with E-state index in [0.29, 0.717) is 12.1 Å². The molecular weight excluding hydrogens is 507 g/mol. The van der Waals surface area contributed by atoms with Gasteiger partial charge >= 0.3 is 18.7 Å². The van der Waals surface area contributed by atoms with Crippen LogP contribution in [0.3, 0.4) is 0 Å². The Morgan fingerprint density at radius 3 is 2.14 bits per heavy atom. The molecule has 1 fully saturated rings. The zero-order valence-corrected chi connectivity index (χ0v) is 17.8. The molecule has 1 saturated carbocycles. The van der Waals surface area contributed by atoms with E-state index in [9.17, 15) is 39.5 Å². The molecule has 0 spiro atoms. The monoisotopic (exact) mass is 522 g/mol. The van der Waals surface area contributed by atoms with Crippen molar-refractivity contribution in [3.05, 3.63) is 59.7 Å². The van der Waals surface area contributed by atoms with Crippen molar-refractivity contribution >= 4 is 17.5 Å². The van der Waals surface area contributed by atoms with E-state index in [2.05, 4.69) is 25.3 Å². The number of hydrogen-bond donors (Lipinski definition) is 2. The van der Waals surface area contributed by atoms with Crippen molar-refractivity contribution in [2.45, 2.75) is 37.6 Å². The lowest BCUT2D eigenvalue weighted by Crippen LogP contribution is -2.17. The Morgan fingerprint density at radius 1 is 0.806 bits per heavy atom. The van der Waals surface area contributed by atoms with Crippen LogP contribution in [0.25, 0.3) is 11.3 Å². The van der Waals surface area contributed by atoms with Gasteiger partial charge in [-0.05, 0) is 43.2 Å². The maximum absolute atomic E-state index is 13.5. The van der Waals surface area contributed by atoms with Crippen LogP contribution in [0.1, 0.15) is 24.0 Å². The highest BCUT2D eigenvalue weighted by Crippen LogP contribution is 2.40. The minimum Gasteiger partial charge on any atom is -0.406 e. The number of ether oxygens (including phenoxy) is 1. The third kappa shape index (κ3) is 6.49. The number of alkyl halides is 9. The second-order valence-corrected chi connectivity index (χ2v) is 7.84. The molecule has 36 heavy (non-hydrogen) atoms. The van der Waals surface area contributed by atoms with Crippen LogP contribution in [0.4, 0.5) is 57.0 Å². The third-order valence-electron chi connectivity index (χ3n) is 4.92. The Labute approximate surface area is 197 Å². The predicted octanol–water partition coefficient (Wildman–Crippen LogP) is 7.40. The fraction of sp³-hybridized carbons (Fsp3) is 0.273. The Kier molecular flexibility index (Phi) is 6.39. The maximum atomic E-state index is 13.5. The molecule has 1 aromatic heterocycles. The standard InChI is InChI=1S/C22H15F9N4O/c23-20(24,25)12-4-7-16(15(9-12)21(26,27)28)33-18-10-17(34-19(35-18)32-13-5-6-13)11-2-1-3-14(8-11)36-22(29,30)31/h1-4,7-10,13H,5-6H2,(H2,32,33,34,35). The lowest BCUT2D eigenvalue weighted by molar-refractivity contribution is -0.274. The molecular formula is C22H15F9N4O. The number of hydrogen-bond acceptors (Lipinski definition) is 5. The first-order valence-electron chi connectivity index (χ1n) is 10.2. The lowest BCUT2D eigenvalue weighted by Gasteiger charge is -2.17. The molecule has 0 amide bonds. The zero-order chi connectivity index (χ0) is 26.3. The summed E-state index contributed by atoms with van der Waals surface area (Å²) in [6.07, 6.45) is -13.5. The van der Waals surface area contributed by atoms with Crippen LogP contribution in [0.2, 0.25) is 0 Å². The smallest absolute Gasteiger partial charge is 0.406 e. The average Bonchev–Trinajstić information content (AvgIpc) is 3.55. The number of aromatic nitrogens is 2. The van der Waals surface area contributed by atoms with Gasteiger partial charge in [-0.3, -0.25) is 0 Å². The molecule has 0 radical (unpaired) electrons. The Hall–Kier alpha value is -3.71. The Bertz CT molecular complexity index is 1250. The fourth-order valence-corrected chi connectivity index (χ4v) is 3.19. The molecule has 0 atom stereocenters. The second kappa shape index (κ2) is 9.06. The molecule has 2 aromatic carbocycles. The quantitative estimate of drug-likeness (QED) is 0.331. The van der Waals surface area contributed by atoms with Gasteiger partial charge in [-0.1, -0.05) is 12.1 Å². The van der Waals surface area contributed by atoms with E-state index in [4.69, 9.17) is 0 Å². The molecule has 0 saturated heterocycles. The van der Waals surface area contributed by atoms with Gasteiger partial charge in [0.2, 0.25) is 5.95 Å². The summed E-state index contributed by atoms with van der Waals surface area (Å²) in [5.41, 5.74) is -3.60. The van der Waals surface area contributed by atoms with Crippen molar-refractivity contribution in [3.63, 3.8) is 0 Å². The van der Waals surface area contributed by atoms with Crippen LogP contribution >= 0.6 is 0 Å². The summed E-state index contributed by atoms with van der Waals surface area (Å²) >= 11 is 0. The largest absolute Gasteiger partial charge is 0.573 e. The van der Waals surface area contributed by atoms with Crippen LogP contribution in [-0.4, -0.2) is 22.4 Å². The van der Waals surface area contributed by atoms with Crippen molar-refractivity contribution in [3.8, 4) is 17.0 Å². The molecule has 3 aromatic rings. The summed E-state index contributed by atoms with van der Waals surface area (Å²) in [5, 5.41) is 5.30. The van der Waals surface area contributed by atoms with E-state index in [1.54, 1.807) is 0 Å². The van der Waals surface area contributed by atoms with Gasteiger partial charge < -0.3 is 15.4 Å². The molecule has 14 heteroatoms. The number of benzene rings is 2. The number of rotatable bonds is 6. The van der Waals surface area contributed by atoms with Crippen molar-refractivity contribution in [1.29, 1.82) is 0 Å². The van der Waals surface area contributed by atoms with E-state index in [1.807, 2.05) is 0 Å². The first-order chi connectivity index (χ1) is 16.7. The molecule has 2 N–H and O–H groups in total. The zero-order valence-electron chi connectivity index (χ0n) is 17.8. The summed E-state index contributed by atoms with van der Waals surface area (Å²) in [6, 6.07) is 6.99. The third-order valence-corrected chi connectivity index (χ3v) is 4.92. The van der Waals surface area contributed by atoms with Crippen LogP contribution in [0.15, 0.2) is 48.5 Å². The summed E-state index contributed by atoms with van der Waals surface area (Å²) in [6.45, 7) is 0. The molecule has 0 bridgehead atoms. The normalized spacial score (nSPS) is 14.5. The topological polar surface area (TPSA) is 59.1 Å². The second-order valence-electron chi connectivity index (χ2n) is 7.84. The molecule has 0 aliphatic heterocycles. The lowest BCUT2D eigenvalue weighted by atomic mass is 10.1. The number of nitrogens with one attached hydrogen (secondary N) is 2. The SMILES string of the molecule is FC(F)(F)Oc1cccc(-c2cc(Nc3ccc(C(F)(F)F)cc3C(F)(F)F)nc(NC3CC3)n2)c1. The van der Waals surface area contributed by atoms with E-state index >= 15 is 0 Å². The first kappa shape index (κ1) is 25.4. The van der Waals surface area contributed by atoms with Gasteiger partial charge in [-0.15, -0.1) is 13.2 Å². The summed E-state index contributed by atoms with van der Waals surface area (Å²) in [4.78, 5) is 8.29. The van der Waals surface area contributed by atoms with Gasteiger partial charge in [0, 0.05) is 17.7 Å². The minimum absolute atomic E-state index is 0.00445. The Morgan fingerprint density at radius 2 is 1.53 bits per heavy atom. The van der Waals surface area contributed by atoms with Crippen molar-refractivity contribution in [1.82, 2.24) is 9.97 Å². The van der Waals surface area contributed by atoms with E-state index < -0.39 is 41.3 Å². The minimum atomic E-state index is -5.13. The number of anilines is 3. The highest BCUT2D eigenvalue weighted by atomic mass is 19.4. The predicted molar refractivity (Wildman–Crippen MR) is 111 cm³/mol.